The average Bonchev–Trinajstić information content (AvgIpc) is 3.32. The Hall–Kier alpha value is -3.45. The first-order chi connectivity index (χ1) is 16.9. The highest BCUT2D eigenvalue weighted by Crippen LogP contribution is 2.34. The van der Waals surface area contributed by atoms with Gasteiger partial charge in [0, 0.05) is 23.5 Å². The molecule has 0 N–H and O–H groups in total. The maximum Gasteiger partial charge on any atom is 0.254 e. The molecule has 2 heterocycles. The van der Waals surface area contributed by atoms with Crippen molar-refractivity contribution in [3.8, 4) is 5.75 Å². The highest BCUT2D eigenvalue weighted by atomic mass is 32.1. The number of nitrogens with zero attached hydrogens (tertiary/aromatic N) is 2. The summed E-state index contributed by atoms with van der Waals surface area (Å²) in [6, 6.07) is 13.2. The fourth-order valence-corrected chi connectivity index (χ4v) is 5.34. The molecule has 2 aromatic carbocycles. The van der Waals surface area contributed by atoms with Crippen LogP contribution < -0.4 is 4.74 Å². The number of fused-ring (bicyclic) bond motifs is 1. The van der Waals surface area contributed by atoms with Crippen molar-refractivity contribution in [2.45, 2.75) is 26.3 Å². The first kappa shape index (κ1) is 24.7. The Morgan fingerprint density at radius 1 is 1.20 bits per heavy atom. The fraction of sp³-hybridized carbons (Fsp3) is 0.286. The van der Waals surface area contributed by atoms with E-state index in [1.807, 2.05) is 36.3 Å². The monoisotopic (exact) mass is 492 g/mol. The van der Waals surface area contributed by atoms with Crippen molar-refractivity contribution in [3.05, 3.63) is 99.5 Å². The minimum atomic E-state index is -0.417. The predicted octanol–water partition coefficient (Wildman–Crippen LogP) is 5.34. The van der Waals surface area contributed by atoms with Gasteiger partial charge >= 0.3 is 0 Å². The van der Waals surface area contributed by atoms with Crippen LogP contribution in [0, 0.1) is 19.7 Å². The third-order valence-corrected chi connectivity index (χ3v) is 7.19. The molecule has 0 saturated heterocycles. The van der Waals surface area contributed by atoms with Gasteiger partial charge in [0.1, 0.15) is 24.7 Å². The summed E-state index contributed by atoms with van der Waals surface area (Å²) in [7, 11) is 0. The van der Waals surface area contributed by atoms with Crippen molar-refractivity contribution in [1.82, 2.24) is 9.80 Å². The third kappa shape index (κ3) is 5.62. The summed E-state index contributed by atoms with van der Waals surface area (Å²) in [6.45, 7) is 8.78. The van der Waals surface area contributed by atoms with Crippen molar-refractivity contribution in [1.29, 1.82) is 0 Å². The van der Waals surface area contributed by atoms with Crippen LogP contribution in [0.15, 0.2) is 66.6 Å². The van der Waals surface area contributed by atoms with Crippen LogP contribution in [-0.4, -0.2) is 47.9 Å². The molecule has 2 amide bonds. The molecule has 1 aliphatic heterocycles. The highest BCUT2D eigenvalue weighted by molar-refractivity contribution is 7.10. The van der Waals surface area contributed by atoms with Crippen LogP contribution in [0.2, 0.25) is 0 Å². The zero-order valence-corrected chi connectivity index (χ0v) is 20.8. The molecule has 5 nitrogen and oxygen atoms in total. The quantitative estimate of drug-likeness (QED) is 0.399. The number of carbonyl (C=O) groups excluding carboxylic acids is 2. The lowest BCUT2D eigenvalue weighted by molar-refractivity contribution is -0.135. The van der Waals surface area contributed by atoms with E-state index in [2.05, 4.69) is 18.7 Å². The van der Waals surface area contributed by atoms with Crippen LogP contribution in [0.4, 0.5) is 4.39 Å². The van der Waals surface area contributed by atoms with E-state index in [1.54, 1.807) is 17.4 Å². The Kier molecular flexibility index (Phi) is 7.66. The number of hydrogen-bond donors (Lipinski definition) is 0. The van der Waals surface area contributed by atoms with Crippen LogP contribution >= 0.6 is 11.3 Å². The van der Waals surface area contributed by atoms with Gasteiger partial charge in [-0.15, -0.1) is 17.9 Å². The molecule has 35 heavy (non-hydrogen) atoms. The number of hydrogen-bond acceptors (Lipinski definition) is 4. The van der Waals surface area contributed by atoms with Gasteiger partial charge in [-0.2, -0.15) is 0 Å². The second kappa shape index (κ2) is 10.9. The summed E-state index contributed by atoms with van der Waals surface area (Å²) < 4.78 is 19.5. The number of amides is 2. The average molecular weight is 493 g/mol. The summed E-state index contributed by atoms with van der Waals surface area (Å²) in [5.41, 5.74) is 3.64. The number of aryl methyl sites for hydroxylation is 2. The Balaban J connectivity index is 1.53. The van der Waals surface area contributed by atoms with Gasteiger partial charge in [0.2, 0.25) is 5.91 Å². The van der Waals surface area contributed by atoms with E-state index < -0.39 is 5.82 Å². The number of benzene rings is 2. The summed E-state index contributed by atoms with van der Waals surface area (Å²) in [5.74, 6) is -0.118. The van der Waals surface area contributed by atoms with E-state index in [0.717, 1.165) is 28.9 Å². The van der Waals surface area contributed by atoms with E-state index in [1.165, 1.54) is 34.0 Å². The SMILES string of the molecule is C=CCN(CC(=O)N1CCc2sccc2C1COc1ccc(C)cc1C)C(=O)c1ccc(F)cc1. The molecule has 1 unspecified atom stereocenters. The van der Waals surface area contributed by atoms with Crippen LogP contribution in [0.3, 0.4) is 0 Å². The molecule has 1 aromatic heterocycles. The zero-order valence-electron chi connectivity index (χ0n) is 20.0. The third-order valence-electron chi connectivity index (χ3n) is 6.20. The van der Waals surface area contributed by atoms with Crippen molar-refractivity contribution >= 4 is 23.2 Å². The lowest BCUT2D eigenvalue weighted by atomic mass is 10.00. The van der Waals surface area contributed by atoms with Crippen molar-refractivity contribution in [2.75, 3.05) is 26.2 Å². The van der Waals surface area contributed by atoms with Crippen molar-refractivity contribution in [2.24, 2.45) is 0 Å². The van der Waals surface area contributed by atoms with Crippen LogP contribution in [0.25, 0.3) is 0 Å². The molecule has 0 spiro atoms. The number of ether oxygens (including phenoxy) is 1. The van der Waals surface area contributed by atoms with Gasteiger partial charge in [-0.25, -0.2) is 4.39 Å². The summed E-state index contributed by atoms with van der Waals surface area (Å²) in [6.07, 6.45) is 2.36. The summed E-state index contributed by atoms with van der Waals surface area (Å²) >= 11 is 1.69. The second-order valence-corrected chi connectivity index (χ2v) is 9.71. The predicted molar refractivity (Wildman–Crippen MR) is 136 cm³/mol. The standard InChI is InChI=1S/C28H29FN2O3S/c1-4-13-30(28(33)21-6-8-22(29)9-7-21)17-27(32)31-14-11-26-23(12-15-35-26)24(31)18-34-25-10-5-19(2)16-20(25)3/h4-10,12,15-16,24H,1,11,13-14,17-18H2,2-3H3. The number of thiophene rings is 1. The molecular weight excluding hydrogens is 463 g/mol. The van der Waals surface area contributed by atoms with Gasteiger partial charge in [-0.3, -0.25) is 9.59 Å². The smallest absolute Gasteiger partial charge is 0.254 e. The highest BCUT2D eigenvalue weighted by Gasteiger charge is 2.33. The number of halogens is 1. The fourth-order valence-electron chi connectivity index (χ4n) is 4.41. The number of rotatable bonds is 8. The van der Waals surface area contributed by atoms with E-state index >= 15 is 0 Å². The minimum Gasteiger partial charge on any atom is -0.491 e. The molecule has 7 heteroatoms. The molecular formula is C28H29FN2O3S. The number of carbonyl (C=O) groups is 2. The van der Waals surface area contributed by atoms with Crippen LogP contribution in [0.5, 0.6) is 5.75 Å². The van der Waals surface area contributed by atoms with Gasteiger partial charge in [-0.1, -0.05) is 23.8 Å². The van der Waals surface area contributed by atoms with Gasteiger partial charge in [0.05, 0.1) is 6.04 Å². The zero-order chi connectivity index (χ0) is 24.9. The molecule has 182 valence electrons. The van der Waals surface area contributed by atoms with Crippen molar-refractivity contribution < 1.29 is 18.7 Å². The largest absolute Gasteiger partial charge is 0.491 e. The Bertz CT molecular complexity index is 1220. The Labute approximate surface area is 209 Å². The second-order valence-electron chi connectivity index (χ2n) is 8.71. The normalized spacial score (nSPS) is 14.8. The van der Waals surface area contributed by atoms with Crippen LogP contribution in [0.1, 0.15) is 38.0 Å². The van der Waals surface area contributed by atoms with E-state index in [0.29, 0.717) is 18.7 Å². The molecule has 0 fully saturated rings. The molecule has 4 rings (SSSR count). The van der Waals surface area contributed by atoms with Crippen molar-refractivity contribution in [3.63, 3.8) is 0 Å². The lowest BCUT2D eigenvalue weighted by Crippen LogP contribution is -2.47. The maximum atomic E-state index is 13.5. The molecule has 3 aromatic rings. The minimum absolute atomic E-state index is 0.0955. The topological polar surface area (TPSA) is 49.9 Å². The van der Waals surface area contributed by atoms with Gasteiger partial charge in [0.15, 0.2) is 0 Å². The molecule has 1 aliphatic rings. The molecule has 0 aliphatic carbocycles. The van der Waals surface area contributed by atoms with E-state index in [-0.39, 0.29) is 30.9 Å². The van der Waals surface area contributed by atoms with Crippen LogP contribution in [-0.2, 0) is 11.2 Å². The maximum absolute atomic E-state index is 13.5. The summed E-state index contributed by atoms with van der Waals surface area (Å²) in [4.78, 5) is 31.1. The Morgan fingerprint density at radius 2 is 1.97 bits per heavy atom. The van der Waals surface area contributed by atoms with Gasteiger partial charge < -0.3 is 14.5 Å². The summed E-state index contributed by atoms with van der Waals surface area (Å²) in [5, 5.41) is 2.05. The van der Waals surface area contributed by atoms with E-state index in [9.17, 15) is 14.0 Å². The molecule has 0 radical (unpaired) electrons. The first-order valence-corrected chi connectivity index (χ1v) is 12.5. The molecule has 0 bridgehead atoms. The lowest BCUT2D eigenvalue weighted by Gasteiger charge is -2.37. The Morgan fingerprint density at radius 3 is 2.69 bits per heavy atom. The molecule has 0 saturated carbocycles. The first-order valence-electron chi connectivity index (χ1n) is 11.6. The molecule has 1 atom stereocenters. The van der Waals surface area contributed by atoms with Gasteiger partial charge in [0.25, 0.3) is 5.91 Å². The van der Waals surface area contributed by atoms with Gasteiger partial charge in [-0.05, 0) is 73.2 Å². The van der Waals surface area contributed by atoms with E-state index in [4.69, 9.17) is 4.74 Å².